The molecule has 0 atom stereocenters. The Labute approximate surface area is 633 Å². The van der Waals surface area contributed by atoms with E-state index in [4.69, 9.17) is 0 Å². The van der Waals surface area contributed by atoms with Gasteiger partial charge in [0.2, 0.25) is 0 Å². The average molecular weight is 1420 g/mol. The fourth-order valence-electron chi connectivity index (χ4n) is 19.4. The SMILES string of the molecule is Cn1c2ccccc2c2c1ccc1c3ccccc3n(C)c12.Cn1c2ccccc2c2c3c4ccccc4n(C)c3ccc21.Cn1c2ccccc2c2cc3c(cc21)c1ccccc1n3C.Cn1c2ccccc2c2cc3c4ccccc4n(C)c3cc21.Cn1c2ccccc2c2ccc3c4ccccc4n(C)c3c21. The summed E-state index contributed by atoms with van der Waals surface area (Å²) in [5, 5.41) is 26.7. The van der Waals surface area contributed by atoms with E-state index in [2.05, 4.69) is 419 Å². The van der Waals surface area contributed by atoms with Gasteiger partial charge in [0.15, 0.2) is 0 Å². The summed E-state index contributed by atoms with van der Waals surface area (Å²) in [6.45, 7) is 0. The highest BCUT2D eigenvalue weighted by molar-refractivity contribution is 6.29. The summed E-state index contributed by atoms with van der Waals surface area (Å²) in [6, 6.07) is 109. The largest absolute Gasteiger partial charge is 0.344 e. The Hall–Kier alpha value is -13.7. The lowest BCUT2D eigenvalue weighted by Crippen LogP contribution is -1.92. The maximum absolute atomic E-state index is 2.36. The predicted molar refractivity (Wildman–Crippen MR) is 472 cm³/mol. The van der Waals surface area contributed by atoms with E-state index >= 15 is 0 Å². The van der Waals surface area contributed by atoms with Crippen molar-refractivity contribution in [2.45, 2.75) is 0 Å². The van der Waals surface area contributed by atoms with E-state index in [1.54, 1.807) is 0 Å². The number of benzene rings is 15. The van der Waals surface area contributed by atoms with Gasteiger partial charge in [0.05, 0.1) is 33.1 Å². The summed E-state index contributed by atoms with van der Waals surface area (Å²) in [5.41, 5.74) is 25.9. The number of hydrogen-bond acceptors (Lipinski definition) is 0. The highest BCUT2D eigenvalue weighted by Crippen LogP contribution is 2.44. The summed E-state index contributed by atoms with van der Waals surface area (Å²) in [6.07, 6.45) is 0. The number of fused-ring (bicyclic) bond motifs is 33. The molecule has 0 radical (unpaired) electrons. The maximum Gasteiger partial charge on any atom is 0.0736 e. The monoisotopic (exact) mass is 1420 g/mol. The normalized spacial score (nSPS) is 12.1. The van der Waals surface area contributed by atoms with E-state index in [1.807, 2.05) is 0 Å². The molecule has 0 amide bonds. The molecule has 0 bridgehead atoms. The first-order valence-electron chi connectivity index (χ1n) is 38.0. The third kappa shape index (κ3) is 9.16. The highest BCUT2D eigenvalue weighted by Gasteiger charge is 2.22. The summed E-state index contributed by atoms with van der Waals surface area (Å²) < 4.78 is 23.1. The molecule has 10 heteroatoms. The van der Waals surface area contributed by atoms with Gasteiger partial charge in [-0.3, -0.25) is 0 Å². The number of aromatic nitrogens is 10. The van der Waals surface area contributed by atoms with E-state index in [1.165, 1.54) is 218 Å². The minimum atomic E-state index is 1.29. The molecule has 25 aromatic rings. The molecule has 25 rings (SSSR count). The fraction of sp³-hybridized carbons (Fsp3) is 0.100. The highest BCUT2D eigenvalue weighted by atomic mass is 15.0. The third-order valence-electron chi connectivity index (χ3n) is 24.7. The van der Waals surface area contributed by atoms with Crippen LogP contribution in [-0.4, -0.2) is 45.7 Å². The Bertz CT molecular complexity index is 7710. The topological polar surface area (TPSA) is 49.3 Å². The van der Waals surface area contributed by atoms with Crippen LogP contribution in [0.4, 0.5) is 0 Å². The predicted octanol–water partition coefficient (Wildman–Crippen LogP) is 24.9. The zero-order chi connectivity index (χ0) is 74.2. The van der Waals surface area contributed by atoms with Crippen LogP contribution >= 0.6 is 0 Å². The lowest BCUT2D eigenvalue weighted by molar-refractivity contribution is 0.986. The molecule has 0 spiro atoms. The van der Waals surface area contributed by atoms with Gasteiger partial charge in [-0.1, -0.05) is 200 Å². The number of aryl methyl sites for hydroxylation is 10. The second-order valence-corrected chi connectivity index (χ2v) is 30.1. The first-order chi connectivity index (χ1) is 53.8. The zero-order valence-corrected chi connectivity index (χ0v) is 63.3. The first kappa shape index (κ1) is 64.7. The molecule has 0 unspecified atom stereocenters. The van der Waals surface area contributed by atoms with E-state index in [0.29, 0.717) is 0 Å². The van der Waals surface area contributed by atoms with Crippen LogP contribution in [0.15, 0.2) is 303 Å². The van der Waals surface area contributed by atoms with Crippen LogP contribution in [-0.2, 0) is 70.5 Å². The van der Waals surface area contributed by atoms with E-state index in [9.17, 15) is 0 Å². The Morgan fingerprint density at radius 3 is 0.627 bits per heavy atom. The molecule has 10 heterocycles. The van der Waals surface area contributed by atoms with Crippen LogP contribution in [0.25, 0.3) is 218 Å². The van der Waals surface area contributed by atoms with Gasteiger partial charge >= 0.3 is 0 Å². The minimum Gasteiger partial charge on any atom is -0.344 e. The van der Waals surface area contributed by atoms with Crippen LogP contribution in [0.3, 0.4) is 0 Å². The third-order valence-corrected chi connectivity index (χ3v) is 24.7. The number of hydrogen-bond donors (Lipinski definition) is 0. The Balaban J connectivity index is 0.0000000873. The van der Waals surface area contributed by atoms with Crippen molar-refractivity contribution in [3.8, 4) is 0 Å². The molecule has 10 aromatic heterocycles. The standard InChI is InChI=1S/5C20H16N2/c1-21-17-9-5-3-7-13(17)15-12-20-16(11-19(15)21)14-8-4-6-10-18(14)22(20)2;1-21-17-9-5-3-7-13(17)15-11-16-14-8-4-6-10-18(14)22(2)20(16)12-19(15)21;1-21-17-10-6-4-8-15(17)19-18(21)12-11-14-13-7-3-5-9-16(13)22(2)20(14)19;1-21-17-9-5-3-7-13(17)15-11-12-16-14-8-4-6-10-18(14)22(2)20(16)19(15)21;1-21-15-9-5-3-7-13(15)19-17(21)11-12-18-20(19)14-8-4-6-10-16(14)22(18)2/h5*3-12H,1-2H3. The van der Waals surface area contributed by atoms with Gasteiger partial charge in [-0.25, -0.2) is 0 Å². The second kappa shape index (κ2) is 24.4. The van der Waals surface area contributed by atoms with Crippen molar-refractivity contribution >= 4 is 218 Å². The molecule has 110 heavy (non-hydrogen) atoms. The van der Waals surface area contributed by atoms with Gasteiger partial charge in [0.25, 0.3) is 0 Å². The lowest BCUT2D eigenvalue weighted by Gasteiger charge is -2.03. The molecule has 0 saturated heterocycles. The average Bonchev–Trinajstić information content (AvgIpc) is 1.58. The van der Waals surface area contributed by atoms with E-state index in [0.717, 1.165) is 0 Å². The van der Waals surface area contributed by atoms with Gasteiger partial charge in [-0.2, -0.15) is 0 Å². The number of rotatable bonds is 0. The van der Waals surface area contributed by atoms with Crippen LogP contribution < -0.4 is 0 Å². The van der Waals surface area contributed by atoms with E-state index < -0.39 is 0 Å². The molecule has 0 aliphatic carbocycles. The molecule has 10 nitrogen and oxygen atoms in total. The van der Waals surface area contributed by atoms with Crippen molar-refractivity contribution in [2.75, 3.05) is 0 Å². The summed E-state index contributed by atoms with van der Waals surface area (Å²) in [5.74, 6) is 0. The molecular weight excluding hydrogens is 1340 g/mol. The molecule has 0 N–H and O–H groups in total. The maximum atomic E-state index is 2.36. The Morgan fingerprint density at radius 2 is 0.309 bits per heavy atom. The zero-order valence-electron chi connectivity index (χ0n) is 63.3. The van der Waals surface area contributed by atoms with Gasteiger partial charge in [0.1, 0.15) is 0 Å². The molecule has 0 fully saturated rings. The van der Waals surface area contributed by atoms with Crippen LogP contribution in [0, 0.1) is 0 Å². The molecular formula is C100H80N10. The van der Waals surface area contributed by atoms with Crippen molar-refractivity contribution in [2.24, 2.45) is 70.5 Å². The molecule has 0 aliphatic rings. The van der Waals surface area contributed by atoms with Crippen molar-refractivity contribution in [3.63, 3.8) is 0 Å². The van der Waals surface area contributed by atoms with Crippen LogP contribution in [0.5, 0.6) is 0 Å². The van der Waals surface area contributed by atoms with Crippen molar-refractivity contribution in [3.05, 3.63) is 303 Å². The fourth-order valence-corrected chi connectivity index (χ4v) is 19.4. The molecule has 0 aliphatic heterocycles. The number of nitrogens with zero attached hydrogens (tertiary/aromatic N) is 10. The van der Waals surface area contributed by atoms with E-state index in [-0.39, 0.29) is 0 Å². The van der Waals surface area contributed by atoms with Gasteiger partial charge in [-0.05, 0) is 103 Å². The minimum absolute atomic E-state index is 1.29. The first-order valence-corrected chi connectivity index (χ1v) is 38.0. The van der Waals surface area contributed by atoms with Crippen molar-refractivity contribution in [1.82, 2.24) is 45.7 Å². The summed E-state index contributed by atoms with van der Waals surface area (Å²) >= 11 is 0. The van der Waals surface area contributed by atoms with Crippen LogP contribution in [0.1, 0.15) is 0 Å². The molecule has 15 aromatic carbocycles. The second-order valence-electron chi connectivity index (χ2n) is 30.1. The smallest absolute Gasteiger partial charge is 0.0736 e. The van der Waals surface area contributed by atoms with Gasteiger partial charge in [-0.15, -0.1) is 0 Å². The summed E-state index contributed by atoms with van der Waals surface area (Å²) in [4.78, 5) is 0. The molecule has 530 valence electrons. The number of para-hydroxylation sites is 10. The quantitative estimate of drug-likeness (QED) is 0.145. The van der Waals surface area contributed by atoms with Crippen molar-refractivity contribution in [1.29, 1.82) is 0 Å². The summed E-state index contributed by atoms with van der Waals surface area (Å²) in [7, 11) is 21.6. The molecule has 0 saturated carbocycles. The van der Waals surface area contributed by atoms with Crippen molar-refractivity contribution < 1.29 is 0 Å². The van der Waals surface area contributed by atoms with Gasteiger partial charge in [0, 0.05) is 255 Å². The van der Waals surface area contributed by atoms with Gasteiger partial charge < -0.3 is 45.7 Å². The Morgan fingerprint density at radius 1 is 0.118 bits per heavy atom. The van der Waals surface area contributed by atoms with Crippen LogP contribution in [0.2, 0.25) is 0 Å². The lowest BCUT2D eigenvalue weighted by atomic mass is 10.1. The Kier molecular flexibility index (Phi) is 14.4.